The first-order chi connectivity index (χ1) is 18.0. The Morgan fingerprint density at radius 1 is 0.974 bits per heavy atom. The van der Waals surface area contributed by atoms with Crippen LogP contribution in [0.4, 0.5) is 0 Å². The summed E-state index contributed by atoms with van der Waals surface area (Å²) in [5.74, 6) is 0.789. The van der Waals surface area contributed by atoms with Gasteiger partial charge >= 0.3 is 0 Å². The van der Waals surface area contributed by atoms with Gasteiger partial charge < -0.3 is 38.0 Å². The average molecular weight is 793 g/mol. The van der Waals surface area contributed by atoms with Crippen molar-refractivity contribution in [2.24, 2.45) is 0 Å². The largest absolute Gasteiger partial charge is 0.497 e. The molecular weight excluding hydrogens is 746 g/mol. The fraction of sp³-hybridized carbons (Fsp3) is 0.786. The Morgan fingerprint density at radius 2 is 1.56 bits per heavy atom. The van der Waals surface area contributed by atoms with Gasteiger partial charge in [0.2, 0.25) is 0 Å². The topological polar surface area (TPSA) is 84.8 Å². The van der Waals surface area contributed by atoms with E-state index in [2.05, 4.69) is 79.0 Å². The van der Waals surface area contributed by atoms with Gasteiger partial charge in [0, 0.05) is 7.11 Å². The lowest BCUT2D eigenvalue weighted by atomic mass is 9.88. The number of methoxy groups -OCH3 is 2. The van der Waals surface area contributed by atoms with E-state index in [4.69, 9.17) is 32.8 Å². The Labute approximate surface area is 262 Å². The van der Waals surface area contributed by atoms with Gasteiger partial charge in [-0.05, 0) is 56.6 Å². The molecule has 8 nitrogen and oxygen atoms in total. The van der Waals surface area contributed by atoms with E-state index in [-0.39, 0.29) is 31.2 Å². The first-order valence-corrected chi connectivity index (χ1v) is 18.9. The molecule has 1 aromatic carbocycles. The van der Waals surface area contributed by atoms with Crippen molar-refractivity contribution < 1.29 is 38.0 Å². The zero-order valence-corrected chi connectivity index (χ0v) is 30.1. The minimum atomic E-state index is -2.06. The molecule has 0 bridgehead atoms. The molecule has 2 saturated heterocycles. The van der Waals surface area contributed by atoms with Crippen LogP contribution in [0.25, 0.3) is 0 Å². The second-order valence-electron chi connectivity index (χ2n) is 12.3. The van der Waals surface area contributed by atoms with Crippen LogP contribution in [0.5, 0.6) is 5.75 Å². The Balaban J connectivity index is 1.68. The molecule has 2 aliphatic heterocycles. The molecule has 0 aromatic heterocycles. The van der Waals surface area contributed by atoms with E-state index in [0.29, 0.717) is 6.61 Å². The summed E-state index contributed by atoms with van der Waals surface area (Å²) < 4.78 is 42.7. The zero-order chi connectivity index (χ0) is 29.3. The minimum Gasteiger partial charge on any atom is -0.497 e. The SMILES string of the molecule is COc1ccc(CO[C@@H]2O[C@@H](C)[C@H](O[C@@H]3O[C@H](C)[C@@H](O[Si](C)(C)C(C)(C)C)[C@H](OC)[C@H]3I)[C@@](C)(O)[C@H]2I)cc1. The van der Waals surface area contributed by atoms with Gasteiger partial charge in [0.1, 0.15) is 23.6 Å². The highest BCUT2D eigenvalue weighted by Gasteiger charge is 2.55. The molecule has 2 fully saturated rings. The van der Waals surface area contributed by atoms with Gasteiger partial charge in [0.15, 0.2) is 20.9 Å². The maximum Gasteiger partial charge on any atom is 0.192 e. The third-order valence-corrected chi connectivity index (χ3v) is 15.8. The molecule has 224 valence electrons. The van der Waals surface area contributed by atoms with E-state index in [9.17, 15) is 5.11 Å². The number of benzene rings is 1. The van der Waals surface area contributed by atoms with Crippen LogP contribution >= 0.6 is 45.2 Å². The second kappa shape index (κ2) is 13.4. The van der Waals surface area contributed by atoms with Gasteiger partial charge in [0.05, 0.1) is 39.9 Å². The molecular formula is C28H46I2O8Si. The summed E-state index contributed by atoms with van der Waals surface area (Å²) in [5.41, 5.74) is -0.242. The lowest BCUT2D eigenvalue weighted by Gasteiger charge is -2.51. The van der Waals surface area contributed by atoms with E-state index in [1.807, 2.05) is 38.1 Å². The Morgan fingerprint density at radius 3 is 2.10 bits per heavy atom. The Bertz CT molecular complexity index is 925. The molecule has 0 radical (unpaired) electrons. The van der Waals surface area contributed by atoms with Crippen LogP contribution in [0.2, 0.25) is 18.1 Å². The summed E-state index contributed by atoms with van der Waals surface area (Å²) in [6, 6.07) is 7.69. The molecule has 0 spiro atoms. The van der Waals surface area contributed by atoms with Crippen molar-refractivity contribution in [3.05, 3.63) is 29.8 Å². The summed E-state index contributed by atoms with van der Waals surface area (Å²) in [4.78, 5) is 0. The number of aliphatic hydroxyl groups is 1. The summed E-state index contributed by atoms with van der Waals surface area (Å²) >= 11 is 4.53. The van der Waals surface area contributed by atoms with Crippen LogP contribution in [0, 0.1) is 0 Å². The van der Waals surface area contributed by atoms with E-state index in [1.165, 1.54) is 0 Å². The first-order valence-electron chi connectivity index (χ1n) is 13.5. The van der Waals surface area contributed by atoms with E-state index >= 15 is 0 Å². The number of hydrogen-bond acceptors (Lipinski definition) is 8. The normalized spacial score (nSPS) is 38.0. The van der Waals surface area contributed by atoms with Crippen LogP contribution in [0.3, 0.4) is 0 Å². The number of alkyl halides is 2. The van der Waals surface area contributed by atoms with Crippen molar-refractivity contribution in [2.75, 3.05) is 14.2 Å². The molecule has 2 aliphatic rings. The molecule has 0 aliphatic carbocycles. The first kappa shape index (κ1) is 33.9. The van der Waals surface area contributed by atoms with Crippen molar-refractivity contribution in [3.8, 4) is 5.75 Å². The van der Waals surface area contributed by atoms with E-state index < -0.39 is 38.7 Å². The van der Waals surface area contributed by atoms with E-state index in [1.54, 1.807) is 21.1 Å². The highest BCUT2D eigenvalue weighted by atomic mass is 127. The summed E-state index contributed by atoms with van der Waals surface area (Å²) in [5, 5.41) is 11.8. The van der Waals surface area contributed by atoms with Gasteiger partial charge in [0.25, 0.3) is 0 Å². The Hall–Kier alpha value is 0.417. The van der Waals surface area contributed by atoms with Crippen molar-refractivity contribution in [1.29, 1.82) is 0 Å². The summed E-state index contributed by atoms with van der Waals surface area (Å²) in [6.07, 6.45) is -2.97. The number of halogens is 2. The van der Waals surface area contributed by atoms with Gasteiger partial charge in [-0.3, -0.25) is 0 Å². The predicted molar refractivity (Wildman–Crippen MR) is 170 cm³/mol. The maximum absolute atomic E-state index is 11.7. The molecule has 1 aromatic rings. The van der Waals surface area contributed by atoms with Gasteiger partial charge in [-0.15, -0.1) is 0 Å². The van der Waals surface area contributed by atoms with Gasteiger partial charge in [-0.25, -0.2) is 0 Å². The second-order valence-corrected chi connectivity index (χ2v) is 19.8. The van der Waals surface area contributed by atoms with Gasteiger partial charge in [-0.2, -0.15) is 0 Å². The maximum atomic E-state index is 11.7. The number of rotatable bonds is 9. The number of ether oxygens (including phenoxy) is 6. The standard InChI is InChI=1S/C28H46I2O8Si/c1-16-21(38-39(9,10)27(3,4)5)22(33-8)20(29)25(35-16)37-24-17(2)36-26(23(30)28(24,6)31)34-15-18-11-13-19(32-7)14-12-18/h11-14,16-17,20-26,31H,15H2,1-10H3/t16-,17+,20-,21-,22-,23+,24+,25+,26-,28+/m1/s1. The molecule has 3 rings (SSSR count). The fourth-order valence-electron chi connectivity index (χ4n) is 4.69. The molecule has 11 heteroatoms. The van der Waals surface area contributed by atoms with Crippen molar-refractivity contribution in [3.63, 3.8) is 0 Å². The van der Waals surface area contributed by atoms with Crippen molar-refractivity contribution in [1.82, 2.24) is 0 Å². The molecule has 0 saturated carbocycles. The Kier molecular flexibility index (Phi) is 11.6. The van der Waals surface area contributed by atoms with Crippen LogP contribution in [0.1, 0.15) is 47.1 Å². The lowest BCUT2D eigenvalue weighted by molar-refractivity contribution is -0.323. The monoisotopic (exact) mass is 792 g/mol. The zero-order valence-electron chi connectivity index (χ0n) is 24.8. The minimum absolute atomic E-state index is 0.0635. The molecule has 10 atom stereocenters. The smallest absolute Gasteiger partial charge is 0.192 e. The molecule has 39 heavy (non-hydrogen) atoms. The summed E-state index contributed by atoms with van der Waals surface area (Å²) in [7, 11) is 1.29. The van der Waals surface area contributed by atoms with Gasteiger partial charge in [-0.1, -0.05) is 78.1 Å². The molecule has 1 N–H and O–H groups in total. The average Bonchev–Trinajstić information content (AvgIpc) is 2.85. The van der Waals surface area contributed by atoms with E-state index in [0.717, 1.165) is 11.3 Å². The van der Waals surface area contributed by atoms with Crippen molar-refractivity contribution >= 4 is 53.5 Å². The quantitative estimate of drug-likeness (QED) is 0.190. The molecule has 2 heterocycles. The third kappa shape index (κ3) is 7.69. The highest BCUT2D eigenvalue weighted by molar-refractivity contribution is 14.1. The van der Waals surface area contributed by atoms with Crippen molar-refractivity contribution in [2.45, 2.75) is 123 Å². The predicted octanol–water partition coefficient (Wildman–Crippen LogP) is 5.85. The molecule has 0 amide bonds. The lowest BCUT2D eigenvalue weighted by Crippen LogP contribution is -2.66. The van der Waals surface area contributed by atoms with Crippen LogP contribution in [-0.4, -0.2) is 84.2 Å². The third-order valence-electron chi connectivity index (χ3n) is 8.22. The van der Waals surface area contributed by atoms with Crippen LogP contribution in [0.15, 0.2) is 24.3 Å². The fourth-order valence-corrected chi connectivity index (χ4v) is 7.83. The molecule has 0 unspecified atom stereocenters. The summed E-state index contributed by atoms with van der Waals surface area (Å²) in [6.45, 7) is 17.2. The van der Waals surface area contributed by atoms with Crippen LogP contribution in [-0.2, 0) is 34.7 Å². The van der Waals surface area contributed by atoms with Crippen LogP contribution < -0.4 is 4.74 Å². The number of hydrogen-bond donors (Lipinski definition) is 1. The highest BCUT2D eigenvalue weighted by Crippen LogP contribution is 2.43.